The summed E-state index contributed by atoms with van der Waals surface area (Å²) in [7, 11) is 0. The Hall–Kier alpha value is -1.19. The normalized spacial score (nSPS) is 10.8. The molecule has 0 spiro atoms. The van der Waals surface area contributed by atoms with Crippen molar-refractivity contribution < 1.29 is 0 Å². The molecule has 0 atom stereocenters. The first-order valence-electron chi connectivity index (χ1n) is 5.94. The molecule has 0 aliphatic rings. The lowest BCUT2D eigenvalue weighted by Gasteiger charge is -1.98. The molecule has 2 aromatic rings. The first kappa shape index (κ1) is 12.3. The van der Waals surface area contributed by atoms with E-state index >= 15 is 0 Å². The van der Waals surface area contributed by atoms with Crippen molar-refractivity contribution in [1.29, 1.82) is 0 Å². The van der Waals surface area contributed by atoms with Crippen LogP contribution in [0.2, 0.25) is 0 Å². The van der Waals surface area contributed by atoms with Crippen molar-refractivity contribution in [3.8, 4) is 10.6 Å². The lowest BCUT2D eigenvalue weighted by atomic mass is 10.1. The standard InChI is InChI=1S/C14H18N2S/c1-4-15-9-13-11(3)16-14(17-13)12-7-5-6-10(2)8-12/h5-8,15H,4,9H2,1-3H3. The molecule has 0 amide bonds. The Kier molecular flexibility index (Phi) is 3.92. The van der Waals surface area contributed by atoms with E-state index < -0.39 is 0 Å². The first-order chi connectivity index (χ1) is 8.20. The fourth-order valence-corrected chi connectivity index (χ4v) is 2.76. The van der Waals surface area contributed by atoms with Crippen molar-refractivity contribution in [2.75, 3.05) is 6.54 Å². The summed E-state index contributed by atoms with van der Waals surface area (Å²) in [5.41, 5.74) is 3.65. The molecule has 0 saturated carbocycles. The van der Waals surface area contributed by atoms with E-state index in [9.17, 15) is 0 Å². The average Bonchev–Trinajstić information content (AvgIpc) is 2.68. The molecule has 2 rings (SSSR count). The van der Waals surface area contributed by atoms with Crippen molar-refractivity contribution in [2.45, 2.75) is 27.3 Å². The fourth-order valence-electron chi connectivity index (χ4n) is 1.73. The minimum absolute atomic E-state index is 0.922. The molecule has 1 aromatic carbocycles. The molecule has 0 aliphatic carbocycles. The van der Waals surface area contributed by atoms with Crippen molar-refractivity contribution >= 4 is 11.3 Å². The number of hydrogen-bond donors (Lipinski definition) is 1. The predicted octanol–water partition coefficient (Wildman–Crippen LogP) is 3.54. The highest BCUT2D eigenvalue weighted by Gasteiger charge is 2.08. The van der Waals surface area contributed by atoms with Gasteiger partial charge in [-0.05, 0) is 26.5 Å². The molecule has 0 radical (unpaired) electrons. The summed E-state index contributed by atoms with van der Waals surface area (Å²) in [6.07, 6.45) is 0. The van der Waals surface area contributed by atoms with Crippen LogP contribution in [0.5, 0.6) is 0 Å². The fraction of sp³-hybridized carbons (Fsp3) is 0.357. The zero-order chi connectivity index (χ0) is 12.3. The van der Waals surface area contributed by atoms with Crippen LogP contribution in [0.4, 0.5) is 0 Å². The molecule has 1 heterocycles. The van der Waals surface area contributed by atoms with Gasteiger partial charge in [-0.1, -0.05) is 30.7 Å². The summed E-state index contributed by atoms with van der Waals surface area (Å²) in [6.45, 7) is 8.24. The number of aromatic nitrogens is 1. The quantitative estimate of drug-likeness (QED) is 0.892. The molecular weight excluding hydrogens is 228 g/mol. The van der Waals surface area contributed by atoms with Gasteiger partial charge in [0, 0.05) is 17.0 Å². The van der Waals surface area contributed by atoms with Crippen LogP contribution in [0.15, 0.2) is 24.3 Å². The Balaban J connectivity index is 2.28. The molecule has 0 bridgehead atoms. The average molecular weight is 246 g/mol. The summed E-state index contributed by atoms with van der Waals surface area (Å²) in [6, 6.07) is 8.52. The van der Waals surface area contributed by atoms with E-state index in [0.717, 1.165) is 23.8 Å². The molecule has 0 unspecified atom stereocenters. The zero-order valence-electron chi connectivity index (χ0n) is 10.6. The Morgan fingerprint density at radius 3 is 2.82 bits per heavy atom. The number of thiazole rings is 1. The second-order valence-electron chi connectivity index (χ2n) is 4.18. The van der Waals surface area contributed by atoms with Crippen molar-refractivity contribution in [1.82, 2.24) is 10.3 Å². The van der Waals surface area contributed by atoms with Gasteiger partial charge in [0.25, 0.3) is 0 Å². The molecule has 1 N–H and O–H groups in total. The van der Waals surface area contributed by atoms with Crippen LogP contribution in [-0.2, 0) is 6.54 Å². The SMILES string of the molecule is CCNCc1sc(-c2cccc(C)c2)nc1C. The molecule has 0 saturated heterocycles. The summed E-state index contributed by atoms with van der Waals surface area (Å²) < 4.78 is 0. The van der Waals surface area contributed by atoms with Gasteiger partial charge in [0.15, 0.2) is 0 Å². The van der Waals surface area contributed by atoms with Crippen LogP contribution in [0.25, 0.3) is 10.6 Å². The van der Waals surface area contributed by atoms with E-state index in [1.807, 2.05) is 0 Å². The maximum atomic E-state index is 4.65. The van der Waals surface area contributed by atoms with Crippen LogP contribution in [0.3, 0.4) is 0 Å². The van der Waals surface area contributed by atoms with Gasteiger partial charge in [-0.25, -0.2) is 4.98 Å². The van der Waals surface area contributed by atoms with Crippen LogP contribution < -0.4 is 5.32 Å². The molecule has 1 aromatic heterocycles. The summed E-state index contributed by atoms with van der Waals surface area (Å²) >= 11 is 1.79. The predicted molar refractivity (Wildman–Crippen MR) is 74.4 cm³/mol. The van der Waals surface area contributed by atoms with E-state index in [1.165, 1.54) is 16.0 Å². The highest BCUT2D eigenvalue weighted by Crippen LogP contribution is 2.28. The van der Waals surface area contributed by atoms with Gasteiger partial charge in [0.2, 0.25) is 0 Å². The summed E-state index contributed by atoms with van der Waals surface area (Å²) in [5, 5.41) is 4.48. The van der Waals surface area contributed by atoms with Crippen molar-refractivity contribution in [2.24, 2.45) is 0 Å². The maximum Gasteiger partial charge on any atom is 0.123 e. The smallest absolute Gasteiger partial charge is 0.123 e. The molecule has 90 valence electrons. The van der Waals surface area contributed by atoms with Crippen LogP contribution in [0.1, 0.15) is 23.1 Å². The number of nitrogens with one attached hydrogen (secondary N) is 1. The monoisotopic (exact) mass is 246 g/mol. The molecule has 3 heteroatoms. The van der Waals surface area contributed by atoms with Gasteiger partial charge in [0.1, 0.15) is 5.01 Å². The number of nitrogens with zero attached hydrogens (tertiary/aromatic N) is 1. The van der Waals surface area contributed by atoms with Crippen LogP contribution in [-0.4, -0.2) is 11.5 Å². The van der Waals surface area contributed by atoms with Gasteiger partial charge in [0.05, 0.1) is 5.69 Å². The largest absolute Gasteiger partial charge is 0.312 e. The van der Waals surface area contributed by atoms with E-state index in [0.29, 0.717) is 0 Å². The number of rotatable bonds is 4. The highest BCUT2D eigenvalue weighted by molar-refractivity contribution is 7.15. The Morgan fingerprint density at radius 2 is 2.12 bits per heavy atom. The van der Waals surface area contributed by atoms with E-state index in [2.05, 4.69) is 55.3 Å². The highest BCUT2D eigenvalue weighted by atomic mass is 32.1. The first-order valence-corrected chi connectivity index (χ1v) is 6.76. The Labute approximate surface area is 107 Å². The molecule has 0 fully saturated rings. The molecule has 0 aliphatic heterocycles. The minimum Gasteiger partial charge on any atom is -0.312 e. The molecule has 17 heavy (non-hydrogen) atoms. The summed E-state index contributed by atoms with van der Waals surface area (Å²) in [5.74, 6) is 0. The number of benzene rings is 1. The van der Waals surface area contributed by atoms with Crippen LogP contribution in [0, 0.1) is 13.8 Å². The summed E-state index contributed by atoms with van der Waals surface area (Å²) in [4.78, 5) is 5.99. The van der Waals surface area contributed by atoms with Gasteiger partial charge >= 0.3 is 0 Å². The van der Waals surface area contributed by atoms with Gasteiger partial charge in [-0.3, -0.25) is 0 Å². The van der Waals surface area contributed by atoms with Gasteiger partial charge in [-0.15, -0.1) is 11.3 Å². The Bertz CT molecular complexity index is 503. The third kappa shape index (κ3) is 2.93. The third-order valence-corrected chi connectivity index (χ3v) is 3.90. The Morgan fingerprint density at radius 1 is 1.29 bits per heavy atom. The molecular formula is C14H18N2S. The van der Waals surface area contributed by atoms with Gasteiger partial charge in [-0.2, -0.15) is 0 Å². The lowest BCUT2D eigenvalue weighted by Crippen LogP contribution is -2.11. The number of hydrogen-bond acceptors (Lipinski definition) is 3. The minimum atomic E-state index is 0.922. The topological polar surface area (TPSA) is 24.9 Å². The second kappa shape index (κ2) is 5.43. The van der Waals surface area contributed by atoms with E-state index in [4.69, 9.17) is 0 Å². The van der Waals surface area contributed by atoms with Crippen molar-refractivity contribution in [3.05, 3.63) is 40.4 Å². The molecule has 2 nitrogen and oxygen atoms in total. The second-order valence-corrected chi connectivity index (χ2v) is 5.26. The van der Waals surface area contributed by atoms with Crippen molar-refractivity contribution in [3.63, 3.8) is 0 Å². The van der Waals surface area contributed by atoms with E-state index in [1.54, 1.807) is 11.3 Å². The number of aryl methyl sites for hydroxylation is 2. The lowest BCUT2D eigenvalue weighted by molar-refractivity contribution is 0.731. The van der Waals surface area contributed by atoms with Crippen LogP contribution >= 0.6 is 11.3 Å². The maximum absolute atomic E-state index is 4.65. The third-order valence-electron chi connectivity index (χ3n) is 2.69. The zero-order valence-corrected chi connectivity index (χ0v) is 11.4. The van der Waals surface area contributed by atoms with E-state index in [-0.39, 0.29) is 0 Å². The van der Waals surface area contributed by atoms with Gasteiger partial charge < -0.3 is 5.32 Å².